The van der Waals surface area contributed by atoms with Crippen molar-refractivity contribution >= 4 is 10.8 Å². The normalized spacial score (nSPS) is 43.6. The summed E-state index contributed by atoms with van der Waals surface area (Å²) in [7, 11) is 0. The Kier molecular flexibility index (Phi) is 4.62. The van der Waals surface area contributed by atoms with E-state index in [1.54, 1.807) is 5.57 Å². The minimum absolute atomic E-state index is 0.103. The lowest BCUT2D eigenvalue weighted by Crippen LogP contribution is -2.55. The van der Waals surface area contributed by atoms with Gasteiger partial charge in [-0.1, -0.05) is 61.5 Å². The Hall–Kier alpha value is -1.97. The van der Waals surface area contributed by atoms with Crippen LogP contribution in [0.3, 0.4) is 0 Å². The van der Waals surface area contributed by atoms with Crippen LogP contribution >= 0.6 is 0 Å². The minimum atomic E-state index is -0.638. The molecule has 2 nitrogen and oxygen atoms in total. The van der Waals surface area contributed by atoms with Crippen molar-refractivity contribution in [2.24, 2.45) is 11.3 Å². The lowest BCUT2D eigenvalue weighted by Gasteiger charge is -2.55. The first-order valence-electron chi connectivity index (χ1n) is 14.5. The van der Waals surface area contributed by atoms with Gasteiger partial charge in [-0.2, -0.15) is 0 Å². The number of likely N-dealkylation sites (tertiary alicyclic amines) is 1. The summed E-state index contributed by atoms with van der Waals surface area (Å²) in [6, 6.07) is 16.4. The third-order valence-electron chi connectivity index (χ3n) is 11.5. The van der Waals surface area contributed by atoms with Gasteiger partial charge in [0.25, 0.3) is 0 Å². The van der Waals surface area contributed by atoms with Gasteiger partial charge in [-0.25, -0.2) is 4.39 Å². The molecule has 3 aliphatic heterocycles. The van der Waals surface area contributed by atoms with Crippen molar-refractivity contribution in [2.45, 2.75) is 94.0 Å². The maximum absolute atomic E-state index is 14.0. The van der Waals surface area contributed by atoms with E-state index in [0.29, 0.717) is 30.8 Å². The van der Waals surface area contributed by atoms with Crippen LogP contribution in [0.15, 0.2) is 65.8 Å². The van der Waals surface area contributed by atoms with E-state index in [1.165, 1.54) is 34.8 Å². The fraction of sp³-hybridized carbons (Fsp3) is 0.576. The molecule has 4 fully saturated rings. The highest BCUT2D eigenvalue weighted by Gasteiger charge is 2.66. The van der Waals surface area contributed by atoms with Gasteiger partial charge in [0.2, 0.25) is 0 Å². The van der Waals surface area contributed by atoms with Crippen LogP contribution in [0.25, 0.3) is 10.8 Å². The molecule has 0 radical (unpaired) electrons. The zero-order valence-corrected chi connectivity index (χ0v) is 21.5. The van der Waals surface area contributed by atoms with E-state index in [4.69, 9.17) is 4.74 Å². The van der Waals surface area contributed by atoms with Gasteiger partial charge in [-0.3, -0.25) is 4.90 Å². The summed E-state index contributed by atoms with van der Waals surface area (Å²) in [6.07, 6.45) is 14.5. The van der Waals surface area contributed by atoms with Gasteiger partial charge in [0.1, 0.15) is 6.17 Å². The third-order valence-corrected chi connectivity index (χ3v) is 11.5. The van der Waals surface area contributed by atoms with Crippen LogP contribution in [0, 0.1) is 11.3 Å². The number of nitrogens with zero attached hydrogens (tertiary/aromatic N) is 1. The molecule has 3 heteroatoms. The summed E-state index contributed by atoms with van der Waals surface area (Å²) in [6.45, 7) is 4.12. The Bertz CT molecular complexity index is 1300. The monoisotopic (exact) mass is 483 g/mol. The molecule has 36 heavy (non-hydrogen) atoms. The van der Waals surface area contributed by atoms with E-state index in [1.807, 2.05) is 0 Å². The highest BCUT2D eigenvalue weighted by molar-refractivity contribution is 5.83. The number of ether oxygens (including phenoxy) is 1. The first kappa shape index (κ1) is 22.1. The van der Waals surface area contributed by atoms with E-state index in [9.17, 15) is 4.39 Å². The van der Waals surface area contributed by atoms with E-state index in [0.717, 1.165) is 45.1 Å². The fourth-order valence-corrected chi connectivity index (χ4v) is 9.74. The number of allylic oxidation sites excluding steroid dienone is 1. The molecule has 188 valence electrons. The average molecular weight is 484 g/mol. The smallest absolute Gasteiger partial charge is 0.114 e. The zero-order chi connectivity index (χ0) is 24.1. The van der Waals surface area contributed by atoms with Crippen molar-refractivity contribution < 1.29 is 9.13 Å². The molecule has 3 aliphatic carbocycles. The molecule has 2 unspecified atom stereocenters. The Labute approximate surface area is 214 Å². The van der Waals surface area contributed by atoms with Crippen molar-refractivity contribution in [1.29, 1.82) is 0 Å². The van der Waals surface area contributed by atoms with E-state index in [-0.39, 0.29) is 16.6 Å². The molecular formula is C33H38FNO. The van der Waals surface area contributed by atoms with E-state index < -0.39 is 6.17 Å². The first-order chi connectivity index (χ1) is 17.5. The van der Waals surface area contributed by atoms with Gasteiger partial charge < -0.3 is 4.74 Å². The SMILES string of the molecule is C[C@]12CC=C3C=C4CC[C@H](N5CC[C@H](F)C5)C[C@]45CCC3(O5)[C@@H]1CCC2c1ccc2ccccc2c1. The lowest BCUT2D eigenvalue weighted by atomic mass is 9.58. The molecule has 7 atom stereocenters. The summed E-state index contributed by atoms with van der Waals surface area (Å²) in [5.74, 6) is 1.15. The first-order valence-corrected chi connectivity index (χ1v) is 14.5. The van der Waals surface area contributed by atoms with Crippen LogP contribution in [-0.2, 0) is 4.74 Å². The molecule has 6 aliphatic rings. The van der Waals surface area contributed by atoms with Crippen LogP contribution < -0.4 is 0 Å². The standard InChI is InChI=1S/C33H38FNO/c1-31-14-12-26-19-25-8-9-28(35-17-13-27(34)21-35)20-32(25)15-16-33(26,36-32)30(31)11-10-29(31)24-7-6-22-4-2-3-5-23(22)18-24/h2-7,12,18-19,27-30H,8-11,13-17,20-21H2,1H3/t27-,28-,29?,30+,31+,32+,33?/m0/s1. The van der Waals surface area contributed by atoms with Gasteiger partial charge in [-0.15, -0.1) is 0 Å². The molecule has 2 aromatic carbocycles. The number of hydrogen-bond donors (Lipinski definition) is 0. The number of alkyl halides is 1. The lowest BCUT2D eigenvalue weighted by molar-refractivity contribution is -0.140. The van der Waals surface area contributed by atoms with Crippen molar-refractivity contribution in [3.8, 4) is 0 Å². The van der Waals surface area contributed by atoms with Gasteiger partial charge >= 0.3 is 0 Å². The number of hydrogen-bond acceptors (Lipinski definition) is 2. The van der Waals surface area contributed by atoms with Gasteiger partial charge in [0.15, 0.2) is 0 Å². The molecule has 3 heterocycles. The third kappa shape index (κ3) is 2.91. The topological polar surface area (TPSA) is 12.5 Å². The predicted octanol–water partition coefficient (Wildman–Crippen LogP) is 7.49. The molecule has 2 saturated heterocycles. The molecule has 0 N–H and O–H groups in total. The summed E-state index contributed by atoms with van der Waals surface area (Å²) >= 11 is 0. The van der Waals surface area contributed by atoms with Gasteiger partial charge in [0.05, 0.1) is 11.2 Å². The second-order valence-electron chi connectivity index (χ2n) is 13.1. The molecule has 0 amide bonds. The maximum atomic E-state index is 14.0. The number of halogens is 1. The van der Waals surface area contributed by atoms with E-state index in [2.05, 4.69) is 66.4 Å². The quantitative estimate of drug-likeness (QED) is 0.439. The summed E-state index contributed by atoms with van der Waals surface area (Å²) in [5, 5.41) is 2.69. The van der Waals surface area contributed by atoms with Crippen molar-refractivity contribution in [2.75, 3.05) is 13.1 Å². The van der Waals surface area contributed by atoms with Gasteiger partial charge in [-0.05, 0) is 103 Å². The molecular weight excluding hydrogens is 445 g/mol. The largest absolute Gasteiger partial charge is 0.359 e. The Balaban J connectivity index is 1.14. The molecule has 2 aromatic rings. The number of rotatable bonds is 2. The van der Waals surface area contributed by atoms with E-state index >= 15 is 0 Å². The van der Waals surface area contributed by atoms with Crippen LogP contribution in [0.1, 0.15) is 76.2 Å². The van der Waals surface area contributed by atoms with Crippen LogP contribution in [0.4, 0.5) is 4.39 Å². The summed E-state index contributed by atoms with van der Waals surface area (Å²) in [4.78, 5) is 2.44. The molecule has 0 aromatic heterocycles. The minimum Gasteiger partial charge on any atom is -0.359 e. The Morgan fingerprint density at radius 2 is 1.89 bits per heavy atom. The summed E-state index contributed by atoms with van der Waals surface area (Å²) < 4.78 is 21.5. The zero-order valence-electron chi connectivity index (χ0n) is 21.5. The second kappa shape index (κ2) is 7.54. The molecule has 8 rings (SSSR count). The van der Waals surface area contributed by atoms with Crippen molar-refractivity contribution in [1.82, 2.24) is 4.90 Å². The number of fused-ring (bicyclic) bond motifs is 2. The maximum Gasteiger partial charge on any atom is 0.114 e. The molecule has 2 saturated carbocycles. The molecule has 2 bridgehead atoms. The Morgan fingerprint density at radius 1 is 1.00 bits per heavy atom. The Morgan fingerprint density at radius 3 is 2.75 bits per heavy atom. The van der Waals surface area contributed by atoms with Crippen LogP contribution in [0.2, 0.25) is 0 Å². The van der Waals surface area contributed by atoms with Crippen molar-refractivity contribution in [3.63, 3.8) is 0 Å². The number of benzene rings is 2. The summed E-state index contributed by atoms with van der Waals surface area (Å²) in [5.41, 5.74) is 4.57. The van der Waals surface area contributed by atoms with Crippen LogP contribution in [-0.4, -0.2) is 41.4 Å². The predicted molar refractivity (Wildman–Crippen MR) is 143 cm³/mol. The second-order valence-corrected chi connectivity index (χ2v) is 13.1. The fourth-order valence-electron chi connectivity index (χ4n) is 9.74. The average Bonchev–Trinajstić information content (AvgIpc) is 3.57. The van der Waals surface area contributed by atoms with Crippen LogP contribution in [0.5, 0.6) is 0 Å². The highest BCUT2D eigenvalue weighted by atomic mass is 19.1. The highest BCUT2D eigenvalue weighted by Crippen LogP contribution is 2.69. The van der Waals surface area contributed by atoms with Gasteiger partial charge in [0, 0.05) is 19.1 Å². The van der Waals surface area contributed by atoms with Crippen molar-refractivity contribution in [3.05, 3.63) is 71.3 Å². The molecule has 2 spiro atoms.